The van der Waals surface area contributed by atoms with Crippen molar-refractivity contribution in [2.24, 2.45) is 17.3 Å². The lowest BCUT2D eigenvalue weighted by atomic mass is 9.62. The monoisotopic (exact) mass is 182 g/mol. The largest absolute Gasteiger partial charge is 0.393 e. The molecule has 0 aromatic carbocycles. The van der Waals surface area contributed by atoms with Crippen LogP contribution in [0, 0.1) is 17.3 Å². The number of fused-ring (bicyclic) bond motifs is 1. The summed E-state index contributed by atoms with van der Waals surface area (Å²) in [7, 11) is 0. The van der Waals surface area contributed by atoms with Crippen molar-refractivity contribution in [2.75, 3.05) is 0 Å². The summed E-state index contributed by atoms with van der Waals surface area (Å²) in [6.07, 6.45) is 7.57. The first kappa shape index (κ1) is 9.51. The zero-order chi connectivity index (χ0) is 9.47. The van der Waals surface area contributed by atoms with Gasteiger partial charge < -0.3 is 5.11 Å². The molecule has 0 spiro atoms. The standard InChI is InChI=1S/C12H22O/c1-12(2)6-5-9-3-4-11(13)7-10(9)8-12/h9-11,13H,3-8H2,1-2H3. The van der Waals surface area contributed by atoms with Crippen LogP contribution in [0.15, 0.2) is 0 Å². The van der Waals surface area contributed by atoms with Crippen LogP contribution in [-0.4, -0.2) is 11.2 Å². The molecule has 0 radical (unpaired) electrons. The quantitative estimate of drug-likeness (QED) is 0.610. The van der Waals surface area contributed by atoms with E-state index in [1.807, 2.05) is 0 Å². The maximum absolute atomic E-state index is 9.62. The van der Waals surface area contributed by atoms with Gasteiger partial charge in [-0.15, -0.1) is 0 Å². The second-order valence-electron chi connectivity index (χ2n) is 5.89. The van der Waals surface area contributed by atoms with E-state index in [0.29, 0.717) is 5.41 Å². The molecule has 0 aromatic rings. The molecule has 0 aromatic heterocycles. The predicted octanol–water partition coefficient (Wildman–Crippen LogP) is 2.97. The number of hydrogen-bond donors (Lipinski definition) is 1. The van der Waals surface area contributed by atoms with Crippen LogP contribution < -0.4 is 0 Å². The van der Waals surface area contributed by atoms with E-state index in [0.717, 1.165) is 24.7 Å². The molecule has 3 atom stereocenters. The van der Waals surface area contributed by atoms with Gasteiger partial charge in [-0.2, -0.15) is 0 Å². The SMILES string of the molecule is CC1(C)CCC2CCC(O)CC2C1. The van der Waals surface area contributed by atoms with Crippen LogP contribution in [0.4, 0.5) is 0 Å². The fraction of sp³-hybridized carbons (Fsp3) is 1.00. The highest BCUT2D eigenvalue weighted by atomic mass is 16.3. The molecule has 2 saturated carbocycles. The molecule has 2 aliphatic rings. The molecule has 1 N–H and O–H groups in total. The van der Waals surface area contributed by atoms with Crippen LogP contribution >= 0.6 is 0 Å². The molecule has 13 heavy (non-hydrogen) atoms. The van der Waals surface area contributed by atoms with E-state index in [-0.39, 0.29) is 6.10 Å². The zero-order valence-corrected chi connectivity index (χ0v) is 8.92. The Morgan fingerprint density at radius 2 is 1.85 bits per heavy atom. The second-order valence-corrected chi connectivity index (χ2v) is 5.89. The fourth-order valence-corrected chi connectivity index (χ4v) is 3.32. The molecule has 76 valence electrons. The van der Waals surface area contributed by atoms with Gasteiger partial charge in [0.25, 0.3) is 0 Å². The first-order valence-corrected chi connectivity index (χ1v) is 5.75. The molecule has 3 unspecified atom stereocenters. The fourth-order valence-electron chi connectivity index (χ4n) is 3.32. The molecule has 1 nitrogen and oxygen atoms in total. The van der Waals surface area contributed by atoms with Crippen LogP contribution in [-0.2, 0) is 0 Å². The second kappa shape index (κ2) is 3.27. The first-order valence-electron chi connectivity index (χ1n) is 5.75. The Hall–Kier alpha value is -0.0400. The third kappa shape index (κ3) is 2.07. The van der Waals surface area contributed by atoms with Gasteiger partial charge in [-0.25, -0.2) is 0 Å². The average Bonchev–Trinajstić information content (AvgIpc) is 2.01. The normalized spacial score (nSPS) is 44.1. The molecule has 2 aliphatic carbocycles. The van der Waals surface area contributed by atoms with Crippen molar-refractivity contribution < 1.29 is 5.11 Å². The van der Waals surface area contributed by atoms with E-state index in [1.165, 1.54) is 25.7 Å². The maximum Gasteiger partial charge on any atom is 0.0543 e. The Bertz CT molecular complexity index is 186. The van der Waals surface area contributed by atoms with Gasteiger partial charge >= 0.3 is 0 Å². The van der Waals surface area contributed by atoms with Crippen LogP contribution in [0.5, 0.6) is 0 Å². The summed E-state index contributed by atoms with van der Waals surface area (Å²) in [5, 5.41) is 9.62. The predicted molar refractivity (Wildman–Crippen MR) is 54.5 cm³/mol. The van der Waals surface area contributed by atoms with Gasteiger partial charge in [0.15, 0.2) is 0 Å². The van der Waals surface area contributed by atoms with Gasteiger partial charge in [0.05, 0.1) is 6.10 Å². The van der Waals surface area contributed by atoms with Crippen LogP contribution in [0.3, 0.4) is 0 Å². The van der Waals surface area contributed by atoms with Gasteiger partial charge in [-0.05, 0) is 55.8 Å². The summed E-state index contributed by atoms with van der Waals surface area (Å²) in [6.45, 7) is 4.76. The molecule has 2 fully saturated rings. The summed E-state index contributed by atoms with van der Waals surface area (Å²) >= 11 is 0. The third-order valence-corrected chi connectivity index (χ3v) is 4.12. The minimum atomic E-state index is 0.00940. The smallest absolute Gasteiger partial charge is 0.0543 e. The summed E-state index contributed by atoms with van der Waals surface area (Å²) in [6, 6.07) is 0. The molecule has 2 rings (SSSR count). The van der Waals surface area contributed by atoms with Gasteiger partial charge in [0.1, 0.15) is 0 Å². The van der Waals surface area contributed by atoms with Crippen molar-refractivity contribution in [1.29, 1.82) is 0 Å². The lowest BCUT2D eigenvalue weighted by molar-refractivity contribution is 0.0153. The van der Waals surface area contributed by atoms with Gasteiger partial charge in [-0.3, -0.25) is 0 Å². The molecule has 0 bridgehead atoms. The molecular weight excluding hydrogens is 160 g/mol. The maximum atomic E-state index is 9.62. The van der Waals surface area contributed by atoms with E-state index in [4.69, 9.17) is 0 Å². The number of aliphatic hydroxyl groups excluding tert-OH is 1. The zero-order valence-electron chi connectivity index (χ0n) is 8.92. The highest BCUT2D eigenvalue weighted by molar-refractivity contribution is 4.89. The van der Waals surface area contributed by atoms with Crippen LogP contribution in [0.1, 0.15) is 52.4 Å². The minimum Gasteiger partial charge on any atom is -0.393 e. The Labute approximate surface area is 81.5 Å². The summed E-state index contributed by atoms with van der Waals surface area (Å²) in [4.78, 5) is 0. The van der Waals surface area contributed by atoms with Crippen molar-refractivity contribution in [3.63, 3.8) is 0 Å². The third-order valence-electron chi connectivity index (χ3n) is 4.12. The molecule has 1 heteroatoms. The van der Waals surface area contributed by atoms with Crippen molar-refractivity contribution in [3.05, 3.63) is 0 Å². The molecular formula is C12H22O. The van der Waals surface area contributed by atoms with E-state index in [2.05, 4.69) is 13.8 Å². The van der Waals surface area contributed by atoms with Crippen LogP contribution in [0.25, 0.3) is 0 Å². The summed E-state index contributed by atoms with van der Waals surface area (Å²) in [5.74, 6) is 1.77. The highest BCUT2D eigenvalue weighted by Gasteiger charge is 2.37. The van der Waals surface area contributed by atoms with E-state index >= 15 is 0 Å². The molecule has 0 aliphatic heterocycles. The lowest BCUT2D eigenvalue weighted by Gasteiger charge is -2.44. The van der Waals surface area contributed by atoms with Crippen molar-refractivity contribution in [2.45, 2.75) is 58.5 Å². The number of rotatable bonds is 0. The molecule has 0 heterocycles. The lowest BCUT2D eigenvalue weighted by Crippen LogP contribution is -2.35. The Morgan fingerprint density at radius 1 is 1.08 bits per heavy atom. The van der Waals surface area contributed by atoms with Gasteiger partial charge in [-0.1, -0.05) is 13.8 Å². The molecule has 0 amide bonds. The van der Waals surface area contributed by atoms with Crippen molar-refractivity contribution >= 4 is 0 Å². The van der Waals surface area contributed by atoms with E-state index < -0.39 is 0 Å². The highest BCUT2D eigenvalue weighted by Crippen LogP contribution is 2.47. The van der Waals surface area contributed by atoms with Crippen molar-refractivity contribution in [1.82, 2.24) is 0 Å². The Morgan fingerprint density at radius 3 is 2.62 bits per heavy atom. The summed E-state index contributed by atoms with van der Waals surface area (Å²) in [5.41, 5.74) is 0.540. The first-order chi connectivity index (χ1) is 6.07. The number of aliphatic hydroxyl groups is 1. The minimum absolute atomic E-state index is 0.00940. The molecule has 0 saturated heterocycles. The Balaban J connectivity index is 2.00. The van der Waals surface area contributed by atoms with Gasteiger partial charge in [0.2, 0.25) is 0 Å². The van der Waals surface area contributed by atoms with E-state index in [9.17, 15) is 5.11 Å². The average molecular weight is 182 g/mol. The van der Waals surface area contributed by atoms with Crippen molar-refractivity contribution in [3.8, 4) is 0 Å². The van der Waals surface area contributed by atoms with Gasteiger partial charge in [0, 0.05) is 0 Å². The number of hydrogen-bond acceptors (Lipinski definition) is 1. The van der Waals surface area contributed by atoms with Crippen LogP contribution in [0.2, 0.25) is 0 Å². The summed E-state index contributed by atoms with van der Waals surface area (Å²) < 4.78 is 0. The topological polar surface area (TPSA) is 20.2 Å². The Kier molecular flexibility index (Phi) is 2.39. The van der Waals surface area contributed by atoms with E-state index in [1.54, 1.807) is 0 Å².